The highest BCUT2D eigenvalue weighted by molar-refractivity contribution is 7.98. The van der Waals surface area contributed by atoms with Crippen LogP contribution in [0.5, 0.6) is 0 Å². The van der Waals surface area contributed by atoms with Crippen molar-refractivity contribution in [2.24, 2.45) is 0 Å². The van der Waals surface area contributed by atoms with Crippen molar-refractivity contribution in [2.75, 3.05) is 49.3 Å². The number of hydrogen-bond donors (Lipinski definition) is 1. The molecular weight excluding hydrogens is 499 g/mol. The quantitative estimate of drug-likeness (QED) is 0.427. The Kier molecular flexibility index (Phi) is 9.29. The predicted octanol–water partition coefficient (Wildman–Crippen LogP) is 6.21. The molecule has 1 saturated carbocycles. The van der Waals surface area contributed by atoms with Crippen LogP contribution in [-0.4, -0.2) is 62.0 Å². The van der Waals surface area contributed by atoms with Crippen molar-refractivity contribution in [1.82, 2.24) is 4.90 Å². The van der Waals surface area contributed by atoms with Crippen LogP contribution in [0.4, 0.5) is 24.5 Å². The van der Waals surface area contributed by atoms with Gasteiger partial charge in [-0.3, -0.25) is 4.79 Å². The van der Waals surface area contributed by atoms with Crippen LogP contribution >= 0.6 is 11.8 Å². The van der Waals surface area contributed by atoms with E-state index in [0.717, 1.165) is 51.7 Å². The average molecular weight is 536 g/mol. The third-order valence-corrected chi connectivity index (χ3v) is 8.06. The normalized spacial score (nSPS) is 21.0. The lowest BCUT2D eigenvalue weighted by Crippen LogP contribution is -2.39. The summed E-state index contributed by atoms with van der Waals surface area (Å²) >= 11 is 1.73. The molecule has 1 amide bonds. The van der Waals surface area contributed by atoms with Crippen molar-refractivity contribution in [3.8, 4) is 0 Å². The van der Waals surface area contributed by atoms with Crippen molar-refractivity contribution in [3.05, 3.63) is 53.6 Å². The van der Waals surface area contributed by atoms with Crippen molar-refractivity contribution in [2.45, 2.75) is 62.2 Å². The highest BCUT2D eigenvalue weighted by Crippen LogP contribution is 2.34. The fraction of sp³-hybridized carbons (Fsp3) is 0.536. The number of alkyl halides is 3. The molecule has 0 bridgehead atoms. The van der Waals surface area contributed by atoms with E-state index in [2.05, 4.69) is 40.7 Å². The monoisotopic (exact) mass is 535 g/mol. The number of thioether (sulfide) groups is 1. The van der Waals surface area contributed by atoms with E-state index in [-0.39, 0.29) is 30.2 Å². The van der Waals surface area contributed by atoms with Gasteiger partial charge in [-0.1, -0.05) is 6.07 Å². The molecule has 0 spiro atoms. The second-order valence-electron chi connectivity index (χ2n) is 9.88. The maximum absolute atomic E-state index is 13.2. The first-order valence-corrected chi connectivity index (χ1v) is 14.2. The lowest BCUT2D eigenvalue weighted by atomic mass is 9.92. The van der Waals surface area contributed by atoms with E-state index in [1.165, 1.54) is 29.6 Å². The van der Waals surface area contributed by atoms with Gasteiger partial charge >= 0.3 is 6.18 Å². The summed E-state index contributed by atoms with van der Waals surface area (Å²) in [5.74, 6) is 0.0270. The van der Waals surface area contributed by atoms with Gasteiger partial charge < -0.3 is 19.9 Å². The number of rotatable bonds is 7. The minimum absolute atomic E-state index is 0.00387. The van der Waals surface area contributed by atoms with E-state index in [4.69, 9.17) is 4.74 Å². The maximum Gasteiger partial charge on any atom is 0.416 e. The number of nitrogens with one attached hydrogen (secondary N) is 1. The van der Waals surface area contributed by atoms with Crippen molar-refractivity contribution in [3.63, 3.8) is 0 Å². The minimum Gasteiger partial charge on any atom is -0.382 e. The maximum atomic E-state index is 13.2. The number of carbonyl (C=O) groups is 1. The molecule has 5 nitrogen and oxygen atoms in total. The van der Waals surface area contributed by atoms with Crippen LogP contribution in [0.2, 0.25) is 0 Å². The minimum atomic E-state index is -4.36. The van der Waals surface area contributed by atoms with E-state index < -0.39 is 11.7 Å². The number of nitrogens with zero attached hydrogens (tertiary/aromatic N) is 2. The summed E-state index contributed by atoms with van der Waals surface area (Å²) < 4.78 is 45.6. The molecule has 1 aliphatic heterocycles. The molecule has 1 N–H and O–H groups in total. The van der Waals surface area contributed by atoms with Crippen molar-refractivity contribution >= 4 is 29.0 Å². The van der Waals surface area contributed by atoms with Crippen molar-refractivity contribution in [1.29, 1.82) is 0 Å². The van der Waals surface area contributed by atoms with Gasteiger partial charge in [0.2, 0.25) is 5.91 Å². The topological polar surface area (TPSA) is 44.8 Å². The predicted molar refractivity (Wildman–Crippen MR) is 143 cm³/mol. The summed E-state index contributed by atoms with van der Waals surface area (Å²) in [7, 11) is 0. The summed E-state index contributed by atoms with van der Waals surface area (Å²) in [5.41, 5.74) is 1.31. The van der Waals surface area contributed by atoms with Gasteiger partial charge in [0.05, 0.1) is 11.7 Å². The van der Waals surface area contributed by atoms with Crippen LogP contribution in [0.1, 0.15) is 43.2 Å². The molecule has 2 aliphatic rings. The van der Waals surface area contributed by atoms with Gasteiger partial charge in [0, 0.05) is 48.5 Å². The zero-order valence-corrected chi connectivity index (χ0v) is 22.3. The van der Waals surface area contributed by atoms with Crippen LogP contribution in [0.3, 0.4) is 0 Å². The molecule has 9 heteroatoms. The van der Waals surface area contributed by atoms with Gasteiger partial charge in [-0.2, -0.15) is 13.2 Å². The number of halogens is 3. The molecule has 2 fully saturated rings. The zero-order valence-electron chi connectivity index (χ0n) is 21.5. The van der Waals surface area contributed by atoms with Crippen LogP contribution in [0, 0.1) is 6.92 Å². The summed E-state index contributed by atoms with van der Waals surface area (Å²) in [5, 5.41) is 3.25. The lowest BCUT2D eigenvalue weighted by molar-refractivity contribution is -0.139. The Morgan fingerprint density at radius 2 is 1.76 bits per heavy atom. The van der Waals surface area contributed by atoms with E-state index in [9.17, 15) is 18.0 Å². The third-order valence-electron chi connectivity index (χ3n) is 7.32. The molecule has 37 heavy (non-hydrogen) atoms. The van der Waals surface area contributed by atoms with E-state index in [1.807, 2.05) is 4.90 Å². The number of benzene rings is 2. The average Bonchev–Trinajstić information content (AvgIpc) is 3.15. The molecule has 0 radical (unpaired) electrons. The molecule has 202 valence electrons. The first kappa shape index (κ1) is 27.6. The Hall–Kier alpha value is -2.39. The molecule has 0 aromatic heterocycles. The van der Waals surface area contributed by atoms with Crippen molar-refractivity contribution < 1.29 is 22.7 Å². The summed E-state index contributed by atoms with van der Waals surface area (Å²) in [4.78, 5) is 18.3. The number of ether oxygens (including phenoxy) is 1. The van der Waals surface area contributed by atoms with Crippen LogP contribution in [0.25, 0.3) is 0 Å². The summed E-state index contributed by atoms with van der Waals surface area (Å²) in [6.07, 6.45) is 1.78. The number of anilines is 2. The van der Waals surface area contributed by atoms with Gasteiger partial charge in [-0.15, -0.1) is 11.8 Å². The van der Waals surface area contributed by atoms with Gasteiger partial charge in [0.25, 0.3) is 0 Å². The van der Waals surface area contributed by atoms with E-state index in [1.54, 1.807) is 17.8 Å². The Labute approximate surface area is 221 Å². The standard InChI is InChI=1S/C28H36F3N3O2S/c1-20-4-5-22(18-26(20)28(29,30)31)32-21-6-10-24(11-7-21)36-19-27(35)34-15-3-14-33(16-17-34)23-8-12-25(37-2)13-9-23/h4-5,8-9,12-13,18,21,24,32H,3,6-7,10-11,14-17,19H2,1-2H3. The molecule has 1 aliphatic carbocycles. The highest BCUT2D eigenvalue weighted by Gasteiger charge is 2.33. The first-order valence-electron chi connectivity index (χ1n) is 13.0. The molecule has 2 aromatic rings. The first-order chi connectivity index (χ1) is 17.7. The number of hydrogen-bond acceptors (Lipinski definition) is 5. The third kappa shape index (κ3) is 7.57. The number of aryl methyl sites for hydroxylation is 1. The number of carbonyl (C=O) groups excluding carboxylic acids is 1. The van der Waals surface area contributed by atoms with Crippen LogP contribution < -0.4 is 10.2 Å². The number of amides is 1. The second kappa shape index (κ2) is 12.4. The van der Waals surface area contributed by atoms with Gasteiger partial charge in [0.15, 0.2) is 0 Å². The van der Waals surface area contributed by atoms with Gasteiger partial charge in [-0.05, 0) is 87.2 Å². The molecule has 1 heterocycles. The molecule has 2 aromatic carbocycles. The molecular formula is C28H36F3N3O2S. The summed E-state index contributed by atoms with van der Waals surface area (Å²) in [6, 6.07) is 13.1. The molecule has 4 rings (SSSR count). The fourth-order valence-corrected chi connectivity index (χ4v) is 5.53. The van der Waals surface area contributed by atoms with E-state index >= 15 is 0 Å². The Bertz CT molecular complexity index is 1040. The second-order valence-corrected chi connectivity index (χ2v) is 10.8. The van der Waals surface area contributed by atoms with Gasteiger partial charge in [-0.25, -0.2) is 0 Å². The van der Waals surface area contributed by atoms with Crippen LogP contribution in [0.15, 0.2) is 47.4 Å². The summed E-state index contributed by atoms with van der Waals surface area (Å²) in [6.45, 7) is 4.69. The molecule has 0 unspecified atom stereocenters. The van der Waals surface area contributed by atoms with Gasteiger partial charge in [0.1, 0.15) is 6.61 Å². The van der Waals surface area contributed by atoms with Crippen LogP contribution in [-0.2, 0) is 15.7 Å². The fourth-order valence-electron chi connectivity index (χ4n) is 5.13. The highest BCUT2D eigenvalue weighted by atomic mass is 32.2. The smallest absolute Gasteiger partial charge is 0.382 e. The largest absolute Gasteiger partial charge is 0.416 e. The Morgan fingerprint density at radius 3 is 2.43 bits per heavy atom. The lowest BCUT2D eigenvalue weighted by Gasteiger charge is -2.30. The Morgan fingerprint density at radius 1 is 1.03 bits per heavy atom. The SMILES string of the molecule is CSc1ccc(N2CCCN(C(=O)COC3CCC(Nc4ccc(C)c(C(F)(F)F)c4)CC3)CC2)cc1. The molecule has 1 saturated heterocycles. The van der Waals surface area contributed by atoms with E-state index in [0.29, 0.717) is 12.2 Å². The molecule has 0 atom stereocenters. The zero-order chi connectivity index (χ0) is 26.4. The Balaban J connectivity index is 1.19.